The minimum atomic E-state index is -0.446. The monoisotopic (exact) mass is 421 g/mol. The van der Waals surface area contributed by atoms with Crippen molar-refractivity contribution in [3.63, 3.8) is 0 Å². The van der Waals surface area contributed by atoms with Crippen LogP contribution in [0.5, 0.6) is 0 Å². The molecule has 1 amide bonds. The first kappa shape index (κ1) is 20.2. The number of hydrogen-bond donors (Lipinski definition) is 0. The summed E-state index contributed by atoms with van der Waals surface area (Å²) in [5, 5.41) is 5.98. The van der Waals surface area contributed by atoms with Gasteiger partial charge < -0.3 is 9.47 Å². The number of rotatable bonds is 3. The van der Waals surface area contributed by atoms with Gasteiger partial charge in [-0.25, -0.2) is 4.68 Å². The fraction of sp³-hybridized carbons (Fsp3) is 0.542. The third kappa shape index (κ3) is 3.45. The van der Waals surface area contributed by atoms with Crippen LogP contribution in [0, 0.1) is 0 Å². The summed E-state index contributed by atoms with van der Waals surface area (Å²) in [4.78, 5) is 31.1. The molecule has 0 bridgehead atoms. The quantitative estimate of drug-likeness (QED) is 0.652. The van der Waals surface area contributed by atoms with Gasteiger partial charge in [-0.2, -0.15) is 5.10 Å². The summed E-state index contributed by atoms with van der Waals surface area (Å²) in [7, 11) is 1.65. The van der Waals surface area contributed by atoms with E-state index in [0.29, 0.717) is 11.6 Å². The number of hydrogen-bond acceptors (Lipinski definition) is 4. The summed E-state index contributed by atoms with van der Waals surface area (Å²) in [6.07, 6.45) is 8.35. The van der Waals surface area contributed by atoms with E-state index in [9.17, 15) is 9.59 Å². The molecule has 1 aliphatic heterocycles. The van der Waals surface area contributed by atoms with Gasteiger partial charge in [0.25, 0.3) is 5.56 Å². The Labute approximate surface area is 182 Å². The Morgan fingerprint density at radius 3 is 2.48 bits per heavy atom. The van der Waals surface area contributed by atoms with Crippen molar-refractivity contribution in [3.8, 4) is 0 Å². The van der Waals surface area contributed by atoms with Crippen LogP contribution >= 0.6 is 0 Å². The Kier molecular flexibility index (Phi) is 5.30. The normalized spacial score (nSPS) is 19.9. The predicted octanol–water partition coefficient (Wildman–Crippen LogP) is 2.93. The highest BCUT2D eigenvalue weighted by Gasteiger charge is 2.31. The van der Waals surface area contributed by atoms with Gasteiger partial charge in [-0.3, -0.25) is 14.5 Å². The lowest BCUT2D eigenvalue weighted by Gasteiger charge is -2.41. The molecular weight excluding hydrogens is 390 g/mol. The van der Waals surface area contributed by atoms with Crippen LogP contribution in [0.25, 0.3) is 21.8 Å². The second kappa shape index (κ2) is 8.11. The minimum absolute atomic E-state index is 0.0878. The van der Waals surface area contributed by atoms with Crippen molar-refractivity contribution in [2.24, 2.45) is 7.05 Å². The van der Waals surface area contributed by atoms with Crippen LogP contribution in [0.2, 0.25) is 0 Å². The molecule has 1 saturated carbocycles. The number of amides is 1. The van der Waals surface area contributed by atoms with Crippen LogP contribution in [0.4, 0.5) is 0 Å². The fourth-order valence-electron chi connectivity index (χ4n) is 5.52. The molecule has 0 radical (unpaired) electrons. The number of aryl methyl sites for hydroxylation is 1. The highest BCUT2D eigenvalue weighted by atomic mass is 16.2. The van der Waals surface area contributed by atoms with Crippen molar-refractivity contribution in [2.45, 2.75) is 51.1 Å². The second-order valence-corrected chi connectivity index (χ2v) is 9.05. The first-order valence-corrected chi connectivity index (χ1v) is 11.5. The standard InChI is InChI=1S/C24H31N5O2/c1-17(23(30)28-14-12-27(13-15-28)18-8-4-3-5-9-18)29-21-11-7-6-10-19(21)20-16-25-26(2)24(31)22(20)29/h6-7,10-11,16-18H,3-5,8-9,12-15H2,1-2H3/t17-/m0/s1. The maximum atomic E-state index is 13.5. The van der Waals surface area contributed by atoms with Crippen molar-refractivity contribution in [2.75, 3.05) is 26.2 Å². The van der Waals surface area contributed by atoms with Gasteiger partial charge in [0.2, 0.25) is 5.91 Å². The van der Waals surface area contributed by atoms with Crippen LogP contribution in [0.3, 0.4) is 0 Å². The number of piperazine rings is 1. The highest BCUT2D eigenvalue weighted by molar-refractivity contribution is 6.08. The van der Waals surface area contributed by atoms with Crippen molar-refractivity contribution < 1.29 is 4.79 Å². The van der Waals surface area contributed by atoms with Crippen LogP contribution < -0.4 is 5.56 Å². The third-order valence-corrected chi connectivity index (χ3v) is 7.27. The Bertz CT molecular complexity index is 1170. The average Bonchev–Trinajstić information content (AvgIpc) is 3.16. The number of carbonyl (C=O) groups excluding carboxylic acids is 1. The van der Waals surface area contributed by atoms with Crippen molar-refractivity contribution in [1.82, 2.24) is 24.1 Å². The van der Waals surface area contributed by atoms with Gasteiger partial charge in [0.05, 0.1) is 11.7 Å². The van der Waals surface area contributed by atoms with E-state index in [1.165, 1.54) is 36.8 Å². The summed E-state index contributed by atoms with van der Waals surface area (Å²) in [6, 6.07) is 8.14. The number of carbonyl (C=O) groups is 1. The molecule has 2 aromatic heterocycles. The molecule has 7 heteroatoms. The lowest BCUT2D eigenvalue weighted by atomic mass is 9.94. The number of aromatic nitrogens is 3. The van der Waals surface area contributed by atoms with Gasteiger partial charge in [-0.15, -0.1) is 0 Å². The number of benzene rings is 1. The zero-order chi connectivity index (χ0) is 21.5. The molecule has 0 N–H and O–H groups in total. The van der Waals surface area contributed by atoms with Crippen LogP contribution in [0.1, 0.15) is 45.1 Å². The number of fused-ring (bicyclic) bond motifs is 3. The Balaban J connectivity index is 1.43. The van der Waals surface area contributed by atoms with Crippen LogP contribution in [-0.2, 0) is 11.8 Å². The van der Waals surface area contributed by atoms with Crippen molar-refractivity contribution >= 4 is 27.7 Å². The zero-order valence-corrected chi connectivity index (χ0v) is 18.5. The van der Waals surface area contributed by atoms with Gasteiger partial charge in [0, 0.05) is 50.0 Å². The minimum Gasteiger partial charge on any atom is -0.338 e. The molecule has 1 atom stereocenters. The van der Waals surface area contributed by atoms with E-state index in [1.54, 1.807) is 13.2 Å². The Morgan fingerprint density at radius 1 is 1.03 bits per heavy atom. The topological polar surface area (TPSA) is 63.4 Å². The van der Waals surface area contributed by atoms with E-state index < -0.39 is 6.04 Å². The lowest BCUT2D eigenvalue weighted by molar-refractivity contribution is -0.136. The summed E-state index contributed by atoms with van der Waals surface area (Å²) in [5.74, 6) is 0.0878. The van der Waals surface area contributed by atoms with E-state index in [4.69, 9.17) is 0 Å². The SMILES string of the molecule is C[C@@H](C(=O)N1CCN(C2CCCCC2)CC1)n1c2ccccc2c2cnn(C)c(=O)c21. The van der Waals surface area contributed by atoms with E-state index in [-0.39, 0.29) is 11.5 Å². The van der Waals surface area contributed by atoms with E-state index in [0.717, 1.165) is 42.5 Å². The third-order valence-electron chi connectivity index (χ3n) is 7.27. The molecule has 2 fully saturated rings. The van der Waals surface area contributed by atoms with Crippen LogP contribution in [0.15, 0.2) is 35.3 Å². The smallest absolute Gasteiger partial charge is 0.291 e. The van der Waals surface area contributed by atoms with Crippen molar-refractivity contribution in [1.29, 1.82) is 0 Å². The molecule has 1 aliphatic carbocycles. The first-order valence-electron chi connectivity index (χ1n) is 11.5. The molecular formula is C24H31N5O2. The Morgan fingerprint density at radius 2 is 1.74 bits per heavy atom. The Hall–Kier alpha value is -2.67. The van der Waals surface area contributed by atoms with Gasteiger partial charge in [-0.1, -0.05) is 37.5 Å². The molecule has 0 spiro atoms. The van der Waals surface area contributed by atoms with E-state index >= 15 is 0 Å². The molecule has 1 aromatic carbocycles. The molecule has 31 heavy (non-hydrogen) atoms. The molecule has 2 aliphatic rings. The zero-order valence-electron chi connectivity index (χ0n) is 18.5. The van der Waals surface area contributed by atoms with Crippen molar-refractivity contribution in [3.05, 3.63) is 40.8 Å². The largest absolute Gasteiger partial charge is 0.338 e. The van der Waals surface area contributed by atoms with Gasteiger partial charge >= 0.3 is 0 Å². The fourth-order valence-corrected chi connectivity index (χ4v) is 5.52. The molecule has 5 rings (SSSR count). The summed E-state index contributed by atoms with van der Waals surface area (Å²) in [6.45, 7) is 5.33. The lowest BCUT2D eigenvalue weighted by Crippen LogP contribution is -2.53. The molecule has 3 heterocycles. The predicted molar refractivity (Wildman–Crippen MR) is 122 cm³/mol. The molecule has 164 valence electrons. The second-order valence-electron chi connectivity index (χ2n) is 9.05. The first-order chi connectivity index (χ1) is 15.1. The van der Waals surface area contributed by atoms with Gasteiger partial charge in [0.15, 0.2) is 0 Å². The number of para-hydroxylation sites is 1. The number of nitrogens with zero attached hydrogens (tertiary/aromatic N) is 5. The van der Waals surface area contributed by atoms with Crippen LogP contribution in [-0.4, -0.2) is 62.3 Å². The maximum Gasteiger partial charge on any atom is 0.291 e. The average molecular weight is 422 g/mol. The van der Waals surface area contributed by atoms with Gasteiger partial charge in [0.1, 0.15) is 11.6 Å². The molecule has 1 saturated heterocycles. The molecule has 7 nitrogen and oxygen atoms in total. The van der Waals surface area contributed by atoms with E-state index in [1.807, 2.05) is 40.7 Å². The molecule has 0 unspecified atom stereocenters. The highest BCUT2D eigenvalue weighted by Crippen LogP contribution is 2.30. The summed E-state index contributed by atoms with van der Waals surface area (Å²) >= 11 is 0. The van der Waals surface area contributed by atoms with E-state index in [2.05, 4.69) is 10.00 Å². The summed E-state index contributed by atoms with van der Waals surface area (Å²) in [5.41, 5.74) is 1.29. The van der Waals surface area contributed by atoms with Gasteiger partial charge in [-0.05, 0) is 25.8 Å². The summed E-state index contributed by atoms with van der Waals surface area (Å²) < 4.78 is 3.27. The maximum absolute atomic E-state index is 13.5. The molecule has 3 aromatic rings.